The summed E-state index contributed by atoms with van der Waals surface area (Å²) in [6.45, 7) is 1.42. The Hall–Kier alpha value is -1.85. The lowest BCUT2D eigenvalue weighted by atomic mass is 10.1. The van der Waals surface area contributed by atoms with Gasteiger partial charge in [0.2, 0.25) is 0 Å². The highest BCUT2D eigenvalue weighted by Gasteiger charge is 2.27. The highest BCUT2D eigenvalue weighted by atomic mass is 35.5. The van der Waals surface area contributed by atoms with Gasteiger partial charge in [0.1, 0.15) is 17.6 Å². The van der Waals surface area contributed by atoms with E-state index in [0.29, 0.717) is 30.4 Å². The fraction of sp³-hybridized carbons (Fsp3) is 0.312. The van der Waals surface area contributed by atoms with Crippen molar-refractivity contribution in [2.24, 2.45) is 7.05 Å². The van der Waals surface area contributed by atoms with Crippen molar-refractivity contribution in [3.05, 3.63) is 58.6 Å². The van der Waals surface area contributed by atoms with Crippen molar-refractivity contribution in [1.82, 2.24) is 9.47 Å². The van der Waals surface area contributed by atoms with Gasteiger partial charge in [-0.05, 0) is 23.8 Å². The third kappa shape index (κ3) is 3.00. The van der Waals surface area contributed by atoms with Crippen LogP contribution in [0.3, 0.4) is 0 Å². The smallest absolute Gasteiger partial charge is 0.270 e. The first kappa shape index (κ1) is 15.1. The van der Waals surface area contributed by atoms with Gasteiger partial charge >= 0.3 is 0 Å². The largest absolute Gasteiger partial charge is 0.370 e. The highest BCUT2D eigenvalue weighted by Crippen LogP contribution is 2.24. The number of carbonyl (C=O) groups excluding carboxylic acids is 1. The van der Waals surface area contributed by atoms with Crippen molar-refractivity contribution in [1.29, 1.82) is 0 Å². The molecule has 1 aromatic heterocycles. The Kier molecular flexibility index (Phi) is 4.18. The molecule has 2 aromatic rings. The number of ether oxygens (including phenoxy) is 1. The molecule has 1 fully saturated rings. The molecule has 1 amide bonds. The molecule has 6 heteroatoms. The summed E-state index contributed by atoms with van der Waals surface area (Å²) in [6.07, 6.45) is 1.46. The van der Waals surface area contributed by atoms with Crippen LogP contribution < -0.4 is 0 Å². The zero-order valence-electron chi connectivity index (χ0n) is 12.1. The molecule has 3 rings (SSSR count). The molecule has 22 heavy (non-hydrogen) atoms. The Labute approximate surface area is 133 Å². The molecule has 1 aliphatic rings. The Morgan fingerprint density at radius 3 is 2.73 bits per heavy atom. The summed E-state index contributed by atoms with van der Waals surface area (Å²) < 4.78 is 20.4. The van der Waals surface area contributed by atoms with E-state index >= 15 is 0 Å². The first-order valence-corrected chi connectivity index (χ1v) is 7.40. The molecular weight excluding hydrogens is 307 g/mol. The number of benzene rings is 1. The fourth-order valence-electron chi connectivity index (χ4n) is 2.61. The minimum absolute atomic E-state index is 0.0789. The number of carbonyl (C=O) groups is 1. The SMILES string of the molecule is Cn1cc(Cl)cc1C(=O)N1CCO[C@@H](c2ccc(F)cc2)C1. The molecule has 1 atom stereocenters. The second kappa shape index (κ2) is 6.10. The standard InChI is InChI=1S/C16H16ClFN2O2/c1-19-9-12(17)8-14(19)16(21)20-6-7-22-15(10-20)11-2-4-13(18)5-3-11/h2-5,8-9,15H,6-7,10H2,1H3/t15-/m1/s1. The summed E-state index contributed by atoms with van der Waals surface area (Å²) in [5.74, 6) is -0.365. The van der Waals surface area contributed by atoms with Gasteiger partial charge in [0.05, 0.1) is 18.2 Å². The second-order valence-electron chi connectivity index (χ2n) is 5.32. The molecule has 0 saturated carbocycles. The van der Waals surface area contributed by atoms with Crippen LogP contribution in [-0.4, -0.2) is 35.1 Å². The molecule has 4 nitrogen and oxygen atoms in total. The maximum Gasteiger partial charge on any atom is 0.270 e. The summed E-state index contributed by atoms with van der Waals surface area (Å²) >= 11 is 5.94. The van der Waals surface area contributed by atoms with E-state index in [1.54, 1.807) is 40.9 Å². The molecule has 1 aromatic carbocycles. The lowest BCUT2D eigenvalue weighted by Gasteiger charge is -2.33. The van der Waals surface area contributed by atoms with Gasteiger partial charge in [-0.2, -0.15) is 0 Å². The number of nitrogens with zero attached hydrogens (tertiary/aromatic N) is 2. The highest BCUT2D eigenvalue weighted by molar-refractivity contribution is 6.31. The number of hydrogen-bond acceptors (Lipinski definition) is 2. The molecule has 0 bridgehead atoms. The monoisotopic (exact) mass is 322 g/mol. The predicted molar refractivity (Wildman–Crippen MR) is 81.4 cm³/mol. The fourth-order valence-corrected chi connectivity index (χ4v) is 2.86. The van der Waals surface area contributed by atoms with Crippen LogP contribution in [0.5, 0.6) is 0 Å². The number of rotatable bonds is 2. The van der Waals surface area contributed by atoms with Crippen molar-refractivity contribution >= 4 is 17.5 Å². The number of aromatic nitrogens is 1. The Morgan fingerprint density at radius 1 is 1.36 bits per heavy atom. The summed E-state index contributed by atoms with van der Waals surface area (Å²) in [5.41, 5.74) is 1.41. The van der Waals surface area contributed by atoms with E-state index in [0.717, 1.165) is 5.56 Å². The number of morpholine rings is 1. The third-order valence-electron chi connectivity index (χ3n) is 3.79. The summed E-state index contributed by atoms with van der Waals surface area (Å²) in [5, 5.41) is 0.536. The summed E-state index contributed by atoms with van der Waals surface area (Å²) in [6, 6.07) is 7.83. The van der Waals surface area contributed by atoms with E-state index in [1.807, 2.05) is 0 Å². The molecule has 0 radical (unpaired) electrons. The number of aryl methyl sites for hydroxylation is 1. The van der Waals surface area contributed by atoms with Crippen LogP contribution in [0.2, 0.25) is 5.02 Å². The van der Waals surface area contributed by atoms with E-state index in [4.69, 9.17) is 16.3 Å². The zero-order valence-corrected chi connectivity index (χ0v) is 12.9. The van der Waals surface area contributed by atoms with Crippen LogP contribution in [0.1, 0.15) is 22.2 Å². The number of amides is 1. The maximum absolute atomic E-state index is 13.0. The van der Waals surface area contributed by atoms with Crippen LogP contribution >= 0.6 is 11.6 Å². The van der Waals surface area contributed by atoms with Gasteiger partial charge in [0.25, 0.3) is 5.91 Å². The minimum Gasteiger partial charge on any atom is -0.370 e. The van der Waals surface area contributed by atoms with Gasteiger partial charge in [0.15, 0.2) is 0 Å². The number of hydrogen-bond donors (Lipinski definition) is 0. The molecule has 0 aliphatic carbocycles. The van der Waals surface area contributed by atoms with Crippen LogP contribution in [-0.2, 0) is 11.8 Å². The third-order valence-corrected chi connectivity index (χ3v) is 3.99. The minimum atomic E-state index is -0.286. The average Bonchev–Trinajstić information content (AvgIpc) is 2.86. The topological polar surface area (TPSA) is 34.5 Å². The van der Waals surface area contributed by atoms with E-state index in [1.165, 1.54) is 12.1 Å². The molecule has 0 spiro atoms. The van der Waals surface area contributed by atoms with E-state index in [2.05, 4.69) is 0 Å². The zero-order chi connectivity index (χ0) is 15.7. The van der Waals surface area contributed by atoms with Crippen LogP contribution in [0.4, 0.5) is 4.39 Å². The summed E-state index contributed by atoms with van der Waals surface area (Å²) in [4.78, 5) is 14.3. The molecule has 1 saturated heterocycles. The second-order valence-corrected chi connectivity index (χ2v) is 5.75. The van der Waals surface area contributed by atoms with Gasteiger partial charge in [-0.25, -0.2) is 4.39 Å². The van der Waals surface area contributed by atoms with Gasteiger partial charge in [0, 0.05) is 19.8 Å². The Balaban J connectivity index is 1.76. The average molecular weight is 323 g/mol. The van der Waals surface area contributed by atoms with Gasteiger partial charge < -0.3 is 14.2 Å². The molecule has 0 N–H and O–H groups in total. The molecule has 116 valence electrons. The van der Waals surface area contributed by atoms with E-state index < -0.39 is 0 Å². The van der Waals surface area contributed by atoms with E-state index in [-0.39, 0.29) is 17.8 Å². The number of halogens is 2. The summed E-state index contributed by atoms with van der Waals surface area (Å²) in [7, 11) is 1.79. The molecule has 1 aliphatic heterocycles. The van der Waals surface area contributed by atoms with Crippen LogP contribution in [0, 0.1) is 5.82 Å². The molecule has 2 heterocycles. The molecular formula is C16H16ClFN2O2. The lowest BCUT2D eigenvalue weighted by Crippen LogP contribution is -2.42. The van der Waals surface area contributed by atoms with Gasteiger partial charge in [-0.1, -0.05) is 23.7 Å². The van der Waals surface area contributed by atoms with Crippen molar-refractivity contribution in [2.75, 3.05) is 19.7 Å². The maximum atomic E-state index is 13.0. The molecule has 0 unspecified atom stereocenters. The van der Waals surface area contributed by atoms with Crippen molar-refractivity contribution in [2.45, 2.75) is 6.10 Å². The normalized spacial score (nSPS) is 18.5. The van der Waals surface area contributed by atoms with Crippen LogP contribution in [0.25, 0.3) is 0 Å². The first-order chi connectivity index (χ1) is 10.5. The lowest BCUT2D eigenvalue weighted by molar-refractivity contribution is -0.0231. The van der Waals surface area contributed by atoms with Gasteiger partial charge in [-0.15, -0.1) is 0 Å². The van der Waals surface area contributed by atoms with Crippen molar-refractivity contribution in [3.63, 3.8) is 0 Å². The van der Waals surface area contributed by atoms with Gasteiger partial charge in [-0.3, -0.25) is 4.79 Å². The first-order valence-electron chi connectivity index (χ1n) is 7.03. The predicted octanol–water partition coefficient (Wildman–Crippen LogP) is 3.03. The quantitative estimate of drug-likeness (QED) is 0.851. The Bertz CT molecular complexity index is 684. The van der Waals surface area contributed by atoms with Crippen molar-refractivity contribution < 1.29 is 13.9 Å². The van der Waals surface area contributed by atoms with E-state index in [9.17, 15) is 9.18 Å². The Morgan fingerprint density at radius 2 is 2.09 bits per heavy atom. The van der Waals surface area contributed by atoms with Crippen LogP contribution in [0.15, 0.2) is 36.5 Å². The van der Waals surface area contributed by atoms with Crippen molar-refractivity contribution in [3.8, 4) is 0 Å².